The van der Waals surface area contributed by atoms with E-state index in [-0.39, 0.29) is 5.91 Å². The summed E-state index contributed by atoms with van der Waals surface area (Å²) in [6.45, 7) is 4.75. The molecule has 0 bridgehead atoms. The molecule has 7 heteroatoms. The number of carbonyl (C=O) groups excluding carboxylic acids is 1. The fourth-order valence-corrected chi connectivity index (χ4v) is 1.72. The molecule has 0 saturated heterocycles. The Bertz CT molecular complexity index is 582. The molecular weight excluding hydrogens is 258 g/mol. The van der Waals surface area contributed by atoms with Crippen LogP contribution in [0.25, 0.3) is 5.69 Å². The molecule has 1 heterocycles. The number of nitrogens with zero attached hydrogens (tertiary/aromatic N) is 4. The summed E-state index contributed by atoms with van der Waals surface area (Å²) in [5.41, 5.74) is 1.51. The van der Waals surface area contributed by atoms with Crippen molar-refractivity contribution in [1.82, 2.24) is 20.2 Å². The molecular formula is C13H17N5O2. The molecule has 0 aliphatic heterocycles. The van der Waals surface area contributed by atoms with Gasteiger partial charge in [0.1, 0.15) is 0 Å². The number of anilines is 1. The fourth-order valence-electron chi connectivity index (χ4n) is 1.72. The molecule has 0 radical (unpaired) electrons. The lowest BCUT2D eigenvalue weighted by atomic mass is 10.2. The topological polar surface area (TPSA) is 81.9 Å². The fraction of sp³-hybridized carbons (Fsp3) is 0.385. The molecule has 1 N–H and O–H groups in total. The minimum absolute atomic E-state index is 0.0796. The van der Waals surface area contributed by atoms with Crippen LogP contribution >= 0.6 is 0 Å². The lowest BCUT2D eigenvalue weighted by molar-refractivity contribution is -0.117. The molecule has 2 rings (SSSR count). The Balaban J connectivity index is 2.03. The van der Waals surface area contributed by atoms with E-state index in [2.05, 4.69) is 20.8 Å². The minimum atomic E-state index is -0.0796. The first-order valence-electron chi connectivity index (χ1n) is 6.43. The summed E-state index contributed by atoms with van der Waals surface area (Å²) in [6, 6.07) is 7.36. The lowest BCUT2D eigenvalue weighted by Gasteiger charge is -2.07. The number of aryl methyl sites for hydroxylation is 1. The van der Waals surface area contributed by atoms with E-state index >= 15 is 0 Å². The molecule has 0 saturated carbocycles. The van der Waals surface area contributed by atoms with Gasteiger partial charge in [0, 0.05) is 12.3 Å². The van der Waals surface area contributed by atoms with Crippen LogP contribution in [-0.2, 0) is 9.53 Å². The van der Waals surface area contributed by atoms with Crippen LogP contribution in [0.15, 0.2) is 24.3 Å². The number of benzene rings is 1. The Morgan fingerprint density at radius 2 is 2.30 bits per heavy atom. The van der Waals surface area contributed by atoms with Gasteiger partial charge >= 0.3 is 0 Å². The summed E-state index contributed by atoms with van der Waals surface area (Å²) < 4.78 is 6.76. The smallest absolute Gasteiger partial charge is 0.226 e. The summed E-state index contributed by atoms with van der Waals surface area (Å²) in [6.07, 6.45) is 0.335. The van der Waals surface area contributed by atoms with Gasteiger partial charge in [-0.25, -0.2) is 0 Å². The monoisotopic (exact) mass is 275 g/mol. The Hall–Kier alpha value is -2.28. The highest BCUT2D eigenvalue weighted by Crippen LogP contribution is 2.14. The normalized spacial score (nSPS) is 10.5. The van der Waals surface area contributed by atoms with Crippen molar-refractivity contribution >= 4 is 11.6 Å². The lowest BCUT2D eigenvalue weighted by Crippen LogP contribution is -2.14. The van der Waals surface area contributed by atoms with Crippen molar-refractivity contribution in [3.05, 3.63) is 30.1 Å². The molecule has 106 valence electrons. The first-order chi connectivity index (χ1) is 9.70. The molecule has 1 amide bonds. The molecule has 0 spiro atoms. The number of nitrogens with one attached hydrogen (secondary N) is 1. The van der Waals surface area contributed by atoms with Gasteiger partial charge in [0.2, 0.25) is 5.91 Å². The van der Waals surface area contributed by atoms with Crippen molar-refractivity contribution in [2.45, 2.75) is 20.3 Å². The zero-order valence-corrected chi connectivity index (χ0v) is 11.5. The third-order valence-corrected chi connectivity index (χ3v) is 2.68. The number of aromatic nitrogens is 4. The maximum Gasteiger partial charge on any atom is 0.226 e. The number of amides is 1. The van der Waals surface area contributed by atoms with Gasteiger partial charge in [-0.2, -0.15) is 4.68 Å². The van der Waals surface area contributed by atoms with Crippen LogP contribution in [0.4, 0.5) is 5.69 Å². The van der Waals surface area contributed by atoms with Gasteiger partial charge in [0.15, 0.2) is 5.82 Å². The van der Waals surface area contributed by atoms with Crippen molar-refractivity contribution in [3.63, 3.8) is 0 Å². The standard InChI is InChI=1S/C13H17N5O2/c1-3-20-8-7-13(19)14-11-5-4-6-12(9-11)18-10(2)15-16-17-18/h4-6,9H,3,7-8H2,1-2H3,(H,14,19). The third kappa shape index (κ3) is 3.61. The molecule has 0 aliphatic carbocycles. The van der Waals surface area contributed by atoms with E-state index < -0.39 is 0 Å². The number of carbonyl (C=O) groups is 1. The Kier molecular flexibility index (Phi) is 4.78. The van der Waals surface area contributed by atoms with Gasteiger partial charge in [0.25, 0.3) is 0 Å². The molecule has 0 aliphatic rings. The number of tetrazole rings is 1. The van der Waals surface area contributed by atoms with Crippen LogP contribution in [0.3, 0.4) is 0 Å². The quantitative estimate of drug-likeness (QED) is 0.804. The van der Waals surface area contributed by atoms with Crippen molar-refractivity contribution in [2.24, 2.45) is 0 Å². The highest BCUT2D eigenvalue weighted by Gasteiger charge is 2.06. The van der Waals surface area contributed by atoms with Crippen molar-refractivity contribution < 1.29 is 9.53 Å². The second kappa shape index (κ2) is 6.76. The number of ether oxygens (including phenoxy) is 1. The SMILES string of the molecule is CCOCCC(=O)Nc1cccc(-n2nnnc2C)c1. The summed E-state index contributed by atoms with van der Waals surface area (Å²) >= 11 is 0. The highest BCUT2D eigenvalue weighted by molar-refractivity contribution is 5.91. The Morgan fingerprint density at radius 1 is 1.45 bits per heavy atom. The van der Waals surface area contributed by atoms with E-state index in [0.29, 0.717) is 31.1 Å². The van der Waals surface area contributed by atoms with E-state index in [1.54, 1.807) is 4.68 Å². The summed E-state index contributed by atoms with van der Waals surface area (Å²) in [4.78, 5) is 11.7. The van der Waals surface area contributed by atoms with E-state index in [0.717, 1.165) is 5.69 Å². The van der Waals surface area contributed by atoms with Crippen molar-refractivity contribution in [1.29, 1.82) is 0 Å². The van der Waals surface area contributed by atoms with Gasteiger partial charge in [-0.1, -0.05) is 6.07 Å². The average Bonchev–Trinajstić information content (AvgIpc) is 2.85. The first kappa shape index (κ1) is 14.1. The largest absolute Gasteiger partial charge is 0.381 e. The summed E-state index contributed by atoms with van der Waals surface area (Å²) in [5, 5.41) is 14.1. The Morgan fingerprint density at radius 3 is 3.00 bits per heavy atom. The van der Waals surface area contributed by atoms with Gasteiger partial charge < -0.3 is 10.1 Å². The van der Waals surface area contributed by atoms with Crippen LogP contribution in [-0.4, -0.2) is 39.3 Å². The van der Waals surface area contributed by atoms with Gasteiger partial charge in [0.05, 0.1) is 18.7 Å². The second-order valence-electron chi connectivity index (χ2n) is 4.18. The maximum absolute atomic E-state index is 11.7. The van der Waals surface area contributed by atoms with E-state index in [9.17, 15) is 4.79 Å². The summed E-state index contributed by atoms with van der Waals surface area (Å²) in [5.74, 6) is 0.605. The molecule has 20 heavy (non-hydrogen) atoms. The second-order valence-corrected chi connectivity index (χ2v) is 4.18. The van der Waals surface area contributed by atoms with E-state index in [4.69, 9.17) is 4.74 Å². The van der Waals surface area contributed by atoms with Crippen LogP contribution in [0.5, 0.6) is 0 Å². The van der Waals surface area contributed by atoms with Crippen LogP contribution in [0, 0.1) is 6.92 Å². The zero-order chi connectivity index (χ0) is 14.4. The zero-order valence-electron chi connectivity index (χ0n) is 11.5. The van der Waals surface area contributed by atoms with Crippen LogP contribution in [0.2, 0.25) is 0 Å². The molecule has 7 nitrogen and oxygen atoms in total. The van der Waals surface area contributed by atoms with Crippen LogP contribution in [0.1, 0.15) is 19.2 Å². The third-order valence-electron chi connectivity index (χ3n) is 2.68. The molecule has 1 aromatic heterocycles. The summed E-state index contributed by atoms with van der Waals surface area (Å²) in [7, 11) is 0. The number of rotatable bonds is 6. The van der Waals surface area contributed by atoms with E-state index in [1.807, 2.05) is 38.1 Å². The predicted molar refractivity (Wildman–Crippen MR) is 73.6 cm³/mol. The highest BCUT2D eigenvalue weighted by atomic mass is 16.5. The number of hydrogen-bond acceptors (Lipinski definition) is 5. The van der Waals surface area contributed by atoms with Crippen molar-refractivity contribution in [2.75, 3.05) is 18.5 Å². The number of hydrogen-bond donors (Lipinski definition) is 1. The average molecular weight is 275 g/mol. The van der Waals surface area contributed by atoms with Crippen LogP contribution < -0.4 is 5.32 Å². The first-order valence-corrected chi connectivity index (χ1v) is 6.43. The molecule has 0 unspecified atom stereocenters. The molecule has 0 atom stereocenters. The molecule has 1 aromatic carbocycles. The van der Waals surface area contributed by atoms with Crippen molar-refractivity contribution in [3.8, 4) is 5.69 Å². The van der Waals surface area contributed by atoms with Gasteiger partial charge in [-0.3, -0.25) is 4.79 Å². The maximum atomic E-state index is 11.7. The molecule has 0 fully saturated rings. The Labute approximate surface area is 116 Å². The minimum Gasteiger partial charge on any atom is -0.381 e. The molecule has 2 aromatic rings. The van der Waals surface area contributed by atoms with E-state index in [1.165, 1.54) is 0 Å². The van der Waals surface area contributed by atoms with Gasteiger partial charge in [-0.05, 0) is 42.5 Å². The predicted octanol–water partition coefficient (Wildman–Crippen LogP) is 1.34. The van der Waals surface area contributed by atoms with Gasteiger partial charge in [-0.15, -0.1) is 5.10 Å².